The van der Waals surface area contributed by atoms with Gasteiger partial charge in [-0.05, 0) is 13.0 Å². The van der Waals surface area contributed by atoms with Crippen molar-refractivity contribution < 1.29 is 13.2 Å². The number of aromatic nitrogens is 3. The molecule has 0 aliphatic carbocycles. The molecule has 1 aromatic carbocycles. The second-order valence-electron chi connectivity index (χ2n) is 4.73. The first-order valence-corrected chi connectivity index (χ1v) is 7.44. The van der Waals surface area contributed by atoms with Gasteiger partial charge in [0.25, 0.3) is 0 Å². The van der Waals surface area contributed by atoms with Crippen LogP contribution in [0.1, 0.15) is 10.6 Å². The van der Waals surface area contributed by atoms with Crippen LogP contribution in [0.25, 0.3) is 11.3 Å². The van der Waals surface area contributed by atoms with E-state index in [1.54, 1.807) is 36.5 Å². The molecule has 0 spiro atoms. The van der Waals surface area contributed by atoms with Crippen molar-refractivity contribution in [2.45, 2.75) is 13.1 Å². The van der Waals surface area contributed by atoms with Gasteiger partial charge < -0.3 is 5.32 Å². The minimum Gasteiger partial charge on any atom is -0.300 e. The van der Waals surface area contributed by atoms with Crippen LogP contribution in [0, 0.1) is 6.92 Å². The van der Waals surface area contributed by atoms with Crippen molar-refractivity contribution in [2.75, 3.05) is 5.32 Å². The molecule has 0 atom stereocenters. The van der Waals surface area contributed by atoms with Gasteiger partial charge in [-0.1, -0.05) is 30.3 Å². The summed E-state index contributed by atoms with van der Waals surface area (Å²) in [4.78, 5) is 12.7. The van der Waals surface area contributed by atoms with Gasteiger partial charge in [0, 0.05) is 16.6 Å². The molecular formula is C15H11F3N4S. The summed E-state index contributed by atoms with van der Waals surface area (Å²) >= 11 is 1.31. The third-order valence-corrected chi connectivity index (χ3v) is 3.75. The molecular weight excluding hydrogens is 325 g/mol. The molecule has 118 valence electrons. The first kappa shape index (κ1) is 15.4. The number of halogens is 3. The van der Waals surface area contributed by atoms with Crippen molar-refractivity contribution in [1.29, 1.82) is 0 Å². The molecule has 8 heteroatoms. The summed E-state index contributed by atoms with van der Waals surface area (Å²) in [6.07, 6.45) is -2.93. The van der Waals surface area contributed by atoms with Crippen LogP contribution in [0.5, 0.6) is 0 Å². The van der Waals surface area contributed by atoms with E-state index in [2.05, 4.69) is 20.3 Å². The number of aryl methyl sites for hydroxylation is 1. The average molecular weight is 336 g/mol. The number of nitrogens with zero attached hydrogens (tertiary/aromatic N) is 3. The summed E-state index contributed by atoms with van der Waals surface area (Å²) in [5, 5.41) is 3.18. The molecule has 0 unspecified atom stereocenters. The number of nitrogens with one attached hydrogen (secondary N) is 1. The highest BCUT2D eigenvalue weighted by atomic mass is 32.1. The van der Waals surface area contributed by atoms with Gasteiger partial charge in [0.05, 0.1) is 5.69 Å². The maximum absolute atomic E-state index is 13.1. The fourth-order valence-corrected chi connectivity index (χ4v) is 2.57. The molecule has 23 heavy (non-hydrogen) atoms. The molecule has 0 saturated heterocycles. The number of alkyl halides is 3. The molecule has 3 rings (SSSR count). The quantitative estimate of drug-likeness (QED) is 0.755. The molecule has 0 bridgehead atoms. The molecule has 4 nitrogen and oxygen atoms in total. The molecule has 0 amide bonds. The highest BCUT2D eigenvalue weighted by Gasteiger charge is 2.34. The van der Waals surface area contributed by atoms with Gasteiger partial charge in [-0.3, -0.25) is 0 Å². The Balaban J connectivity index is 2.05. The Morgan fingerprint density at radius 3 is 2.43 bits per heavy atom. The Morgan fingerprint density at radius 2 is 1.83 bits per heavy atom. The maximum Gasteiger partial charge on any atom is 0.433 e. The van der Waals surface area contributed by atoms with Gasteiger partial charge in [0.1, 0.15) is 0 Å². The van der Waals surface area contributed by atoms with Gasteiger partial charge in [0.15, 0.2) is 10.8 Å². The summed E-state index contributed by atoms with van der Waals surface area (Å²) in [6, 6.07) is 9.59. The van der Waals surface area contributed by atoms with E-state index in [0.717, 1.165) is 10.9 Å². The Morgan fingerprint density at radius 1 is 1.09 bits per heavy atom. The minimum absolute atomic E-state index is 0.131. The first-order chi connectivity index (χ1) is 10.9. The standard InChI is InChI=1S/C15H11F3N4S/c1-9-8-19-14(23-9)22-13-20-11(10-5-3-2-4-6-10)7-12(21-13)15(16,17)18/h2-8H,1H3,(H,19,20,21,22). The Kier molecular flexibility index (Phi) is 3.99. The van der Waals surface area contributed by atoms with Crippen molar-refractivity contribution in [3.05, 3.63) is 53.2 Å². The predicted molar refractivity (Wildman–Crippen MR) is 82.6 cm³/mol. The van der Waals surface area contributed by atoms with Gasteiger partial charge in [0.2, 0.25) is 5.95 Å². The van der Waals surface area contributed by atoms with Crippen molar-refractivity contribution in [3.63, 3.8) is 0 Å². The lowest BCUT2D eigenvalue weighted by Gasteiger charge is -2.10. The van der Waals surface area contributed by atoms with Gasteiger partial charge >= 0.3 is 6.18 Å². The highest BCUT2D eigenvalue weighted by molar-refractivity contribution is 7.15. The molecule has 0 aliphatic rings. The molecule has 1 N–H and O–H groups in total. The summed E-state index contributed by atoms with van der Waals surface area (Å²) < 4.78 is 39.2. The highest BCUT2D eigenvalue weighted by Crippen LogP contribution is 2.32. The van der Waals surface area contributed by atoms with Crippen molar-refractivity contribution in [3.8, 4) is 11.3 Å². The number of hydrogen-bond acceptors (Lipinski definition) is 5. The number of benzene rings is 1. The van der Waals surface area contributed by atoms with Crippen LogP contribution >= 0.6 is 11.3 Å². The Hall–Kier alpha value is -2.48. The lowest BCUT2D eigenvalue weighted by Crippen LogP contribution is -2.11. The normalized spacial score (nSPS) is 11.5. The van der Waals surface area contributed by atoms with E-state index in [9.17, 15) is 13.2 Å². The summed E-state index contributed by atoms with van der Waals surface area (Å²) in [6.45, 7) is 1.85. The lowest BCUT2D eigenvalue weighted by molar-refractivity contribution is -0.141. The predicted octanol–water partition coefficient (Wildman–Crippen LogP) is 4.67. The van der Waals surface area contributed by atoms with E-state index in [4.69, 9.17) is 0 Å². The van der Waals surface area contributed by atoms with Crippen molar-refractivity contribution >= 4 is 22.4 Å². The van der Waals surface area contributed by atoms with Crippen LogP contribution < -0.4 is 5.32 Å². The van der Waals surface area contributed by atoms with E-state index in [-0.39, 0.29) is 11.6 Å². The molecule has 2 heterocycles. The molecule has 0 aliphatic heterocycles. The second-order valence-corrected chi connectivity index (χ2v) is 5.96. The van der Waals surface area contributed by atoms with Crippen LogP contribution in [0.15, 0.2) is 42.6 Å². The second kappa shape index (κ2) is 5.96. The van der Waals surface area contributed by atoms with Crippen molar-refractivity contribution in [1.82, 2.24) is 15.0 Å². The monoisotopic (exact) mass is 336 g/mol. The van der Waals surface area contributed by atoms with Gasteiger partial charge in [-0.15, -0.1) is 11.3 Å². The molecule has 0 radical (unpaired) electrons. The fraction of sp³-hybridized carbons (Fsp3) is 0.133. The third kappa shape index (κ3) is 3.65. The van der Waals surface area contributed by atoms with E-state index in [0.29, 0.717) is 10.7 Å². The molecule has 0 saturated carbocycles. The maximum atomic E-state index is 13.1. The largest absolute Gasteiger partial charge is 0.433 e. The number of rotatable bonds is 3. The number of hydrogen-bond donors (Lipinski definition) is 1. The summed E-state index contributed by atoms with van der Waals surface area (Å²) in [7, 11) is 0. The smallest absolute Gasteiger partial charge is 0.300 e. The average Bonchev–Trinajstić information content (AvgIpc) is 2.92. The van der Waals surface area contributed by atoms with Gasteiger partial charge in [-0.2, -0.15) is 13.2 Å². The van der Waals surface area contributed by atoms with Crippen LogP contribution in [-0.4, -0.2) is 15.0 Å². The summed E-state index contributed by atoms with van der Waals surface area (Å²) in [5.74, 6) is -0.131. The van der Waals surface area contributed by atoms with E-state index >= 15 is 0 Å². The van der Waals surface area contributed by atoms with Crippen molar-refractivity contribution in [2.24, 2.45) is 0 Å². The first-order valence-electron chi connectivity index (χ1n) is 6.63. The van der Waals surface area contributed by atoms with Crippen LogP contribution in [0.4, 0.5) is 24.3 Å². The zero-order valence-electron chi connectivity index (χ0n) is 11.9. The molecule has 3 aromatic rings. The third-order valence-electron chi connectivity index (χ3n) is 2.93. The van der Waals surface area contributed by atoms with Crippen LogP contribution in [-0.2, 0) is 6.18 Å². The number of anilines is 2. The summed E-state index contributed by atoms with van der Waals surface area (Å²) in [5.41, 5.74) is -0.218. The zero-order chi connectivity index (χ0) is 16.4. The topological polar surface area (TPSA) is 50.7 Å². The van der Waals surface area contributed by atoms with E-state index < -0.39 is 11.9 Å². The SMILES string of the molecule is Cc1cnc(Nc2nc(-c3ccccc3)cc(C(F)(F)F)n2)s1. The Bertz CT molecular complexity index is 815. The van der Waals surface area contributed by atoms with E-state index in [1.165, 1.54) is 11.3 Å². The number of thiazole rings is 1. The minimum atomic E-state index is -4.55. The Labute approximate surface area is 134 Å². The lowest BCUT2D eigenvalue weighted by atomic mass is 10.1. The van der Waals surface area contributed by atoms with Gasteiger partial charge in [-0.25, -0.2) is 15.0 Å². The fourth-order valence-electron chi connectivity index (χ4n) is 1.91. The molecule has 2 aromatic heterocycles. The van der Waals surface area contributed by atoms with E-state index in [1.807, 2.05) is 6.92 Å². The van der Waals surface area contributed by atoms with Crippen LogP contribution in [0.3, 0.4) is 0 Å². The molecule has 0 fully saturated rings. The zero-order valence-corrected chi connectivity index (χ0v) is 12.7. The van der Waals surface area contributed by atoms with Crippen LogP contribution in [0.2, 0.25) is 0 Å².